The highest BCUT2D eigenvalue weighted by atomic mass is 32.2. The smallest absolute Gasteiger partial charge is 0.291 e. The third-order valence-electron chi connectivity index (χ3n) is 2.41. The van der Waals surface area contributed by atoms with Gasteiger partial charge in [-0.2, -0.15) is 0 Å². The van der Waals surface area contributed by atoms with Crippen molar-refractivity contribution in [3.8, 4) is 0 Å². The van der Waals surface area contributed by atoms with Crippen LogP contribution in [0, 0.1) is 0 Å². The van der Waals surface area contributed by atoms with Gasteiger partial charge in [0.2, 0.25) is 5.13 Å². The number of carbonyl (C=O) groups excluding carboxylic acids is 1. The molecule has 0 aliphatic carbocycles. The lowest BCUT2D eigenvalue weighted by atomic mass is 10.1. The van der Waals surface area contributed by atoms with Crippen LogP contribution in [-0.4, -0.2) is 26.6 Å². The van der Waals surface area contributed by atoms with Crippen molar-refractivity contribution in [2.24, 2.45) is 0 Å². The maximum absolute atomic E-state index is 12.4. The lowest BCUT2D eigenvalue weighted by Gasteiger charge is -2.03. The molecule has 1 amide bonds. The lowest BCUT2D eigenvalue weighted by molar-refractivity contribution is 0.102. The molecule has 0 fully saturated rings. The van der Waals surface area contributed by atoms with Crippen molar-refractivity contribution in [3.63, 3.8) is 0 Å². The Hall–Kier alpha value is -1.74. The summed E-state index contributed by atoms with van der Waals surface area (Å²) >= 11 is 0.626. The number of alkyl halides is 2. The molecule has 9 heteroatoms. The molecule has 2 aromatic rings. The van der Waals surface area contributed by atoms with Crippen LogP contribution < -0.4 is 5.32 Å². The number of carbonyl (C=O) groups is 1. The molecule has 2 rings (SSSR count). The van der Waals surface area contributed by atoms with E-state index in [1.165, 1.54) is 0 Å². The molecule has 0 aliphatic heterocycles. The number of halogens is 2. The molecule has 0 radical (unpaired) electrons. The van der Waals surface area contributed by atoms with E-state index < -0.39 is 28.1 Å². The normalized spacial score (nSPS) is 12.4. The first-order valence-electron chi connectivity index (χ1n) is 5.77. The fourth-order valence-corrected chi connectivity index (χ4v) is 2.82. The van der Waals surface area contributed by atoms with E-state index in [-0.39, 0.29) is 5.13 Å². The van der Waals surface area contributed by atoms with Crippen molar-refractivity contribution in [2.75, 3.05) is 11.6 Å². The fraction of sp³-hybridized carbons (Fsp3) is 0.250. The highest BCUT2D eigenvalue weighted by Crippen LogP contribution is 2.25. The van der Waals surface area contributed by atoms with Crippen LogP contribution in [0.5, 0.6) is 0 Å². The quantitative estimate of drug-likeness (QED) is 0.914. The number of benzene rings is 1. The monoisotopic (exact) mass is 331 g/mol. The Morgan fingerprint density at radius 1 is 1.43 bits per heavy atom. The number of nitrogens with zero attached hydrogens (tertiary/aromatic N) is 2. The molecule has 0 unspecified atom stereocenters. The number of rotatable bonds is 5. The predicted octanol–water partition coefficient (Wildman–Crippen LogP) is 2.61. The highest BCUT2D eigenvalue weighted by molar-refractivity contribution is 7.83. The van der Waals surface area contributed by atoms with Gasteiger partial charge in [-0.25, -0.2) is 8.78 Å². The van der Waals surface area contributed by atoms with Gasteiger partial charge in [0.25, 0.3) is 12.3 Å². The minimum absolute atomic E-state index is 0.0137. The standard InChI is InChI=1S/C12H11F2N3O2S2/c1-21(19)6-7-3-2-4-8(5-7)10(18)15-12-17-16-11(20-12)9(13)14/h2-5,9H,6H2,1H3,(H,15,17,18)/t21-/m0/s1. The average molecular weight is 331 g/mol. The van der Waals surface area contributed by atoms with Crippen LogP contribution in [0.1, 0.15) is 27.4 Å². The Morgan fingerprint density at radius 2 is 2.19 bits per heavy atom. The van der Waals surface area contributed by atoms with Gasteiger partial charge in [0, 0.05) is 28.4 Å². The van der Waals surface area contributed by atoms with Crippen molar-refractivity contribution in [1.29, 1.82) is 0 Å². The third kappa shape index (κ3) is 4.36. The zero-order valence-corrected chi connectivity index (χ0v) is 12.5. The van der Waals surface area contributed by atoms with Gasteiger partial charge in [0.1, 0.15) is 0 Å². The summed E-state index contributed by atoms with van der Waals surface area (Å²) in [5.41, 5.74) is 1.10. The largest absolute Gasteiger partial charge is 0.296 e. The second-order valence-corrected chi connectivity index (χ2v) is 6.56. The number of amides is 1. The van der Waals surface area contributed by atoms with Crippen LogP contribution in [-0.2, 0) is 16.6 Å². The topological polar surface area (TPSA) is 72.0 Å². The molecule has 21 heavy (non-hydrogen) atoms. The number of aromatic nitrogens is 2. The van der Waals surface area contributed by atoms with Gasteiger partial charge in [0.15, 0.2) is 5.01 Å². The molecule has 112 valence electrons. The van der Waals surface area contributed by atoms with Crippen LogP contribution in [0.15, 0.2) is 24.3 Å². The van der Waals surface area contributed by atoms with Gasteiger partial charge in [0.05, 0.1) is 0 Å². The molecule has 0 aliphatic rings. The van der Waals surface area contributed by atoms with Crippen LogP contribution in [0.4, 0.5) is 13.9 Å². The van der Waals surface area contributed by atoms with Crippen LogP contribution in [0.2, 0.25) is 0 Å². The first-order chi connectivity index (χ1) is 9.95. The molecule has 0 spiro atoms. The van der Waals surface area contributed by atoms with E-state index in [1.807, 2.05) is 0 Å². The van der Waals surface area contributed by atoms with Crippen molar-refractivity contribution in [2.45, 2.75) is 12.2 Å². The summed E-state index contributed by atoms with van der Waals surface area (Å²) in [6, 6.07) is 6.61. The van der Waals surface area contributed by atoms with E-state index >= 15 is 0 Å². The van der Waals surface area contributed by atoms with E-state index in [0.717, 1.165) is 5.56 Å². The van der Waals surface area contributed by atoms with E-state index in [1.54, 1.807) is 30.5 Å². The van der Waals surface area contributed by atoms with Crippen LogP contribution in [0.25, 0.3) is 0 Å². The second-order valence-electron chi connectivity index (χ2n) is 4.12. The summed E-state index contributed by atoms with van der Waals surface area (Å²) < 4.78 is 35.9. The molecule has 1 heterocycles. The predicted molar refractivity (Wildman–Crippen MR) is 77.0 cm³/mol. The van der Waals surface area contributed by atoms with Gasteiger partial charge in [-0.1, -0.05) is 23.5 Å². The zero-order valence-electron chi connectivity index (χ0n) is 10.9. The fourth-order valence-electron chi connectivity index (χ4n) is 1.58. The Bertz CT molecular complexity index is 676. The van der Waals surface area contributed by atoms with Gasteiger partial charge in [-0.3, -0.25) is 14.3 Å². The first-order valence-corrected chi connectivity index (χ1v) is 8.32. The summed E-state index contributed by atoms with van der Waals surface area (Å²) in [6.45, 7) is 0. The average Bonchev–Trinajstić information content (AvgIpc) is 2.87. The summed E-state index contributed by atoms with van der Waals surface area (Å²) in [7, 11) is -1.01. The minimum Gasteiger partial charge on any atom is -0.296 e. The second kappa shape index (κ2) is 6.81. The number of nitrogens with one attached hydrogen (secondary N) is 1. The van der Waals surface area contributed by atoms with E-state index in [0.29, 0.717) is 22.7 Å². The van der Waals surface area contributed by atoms with Crippen molar-refractivity contribution in [3.05, 3.63) is 40.4 Å². The van der Waals surface area contributed by atoms with E-state index in [4.69, 9.17) is 0 Å². The Morgan fingerprint density at radius 3 is 2.81 bits per heavy atom. The Labute approximate surface area is 125 Å². The number of anilines is 1. The Balaban J connectivity index is 2.10. The lowest BCUT2D eigenvalue weighted by Crippen LogP contribution is -2.12. The van der Waals surface area contributed by atoms with E-state index in [9.17, 15) is 17.8 Å². The van der Waals surface area contributed by atoms with E-state index in [2.05, 4.69) is 15.5 Å². The first kappa shape index (κ1) is 15.6. The Kier molecular flexibility index (Phi) is 5.07. The summed E-state index contributed by atoms with van der Waals surface area (Å²) in [5, 5.41) is 8.75. The van der Waals surface area contributed by atoms with Crippen LogP contribution in [0.3, 0.4) is 0 Å². The molecule has 1 atom stereocenters. The minimum atomic E-state index is -2.71. The third-order valence-corrected chi connectivity index (χ3v) is 3.99. The summed E-state index contributed by atoms with van der Waals surface area (Å²) in [4.78, 5) is 12.0. The molecule has 0 bridgehead atoms. The molecule has 1 aromatic carbocycles. The van der Waals surface area contributed by atoms with Crippen molar-refractivity contribution < 1.29 is 17.8 Å². The van der Waals surface area contributed by atoms with Crippen molar-refractivity contribution >= 4 is 33.2 Å². The van der Waals surface area contributed by atoms with Crippen molar-refractivity contribution in [1.82, 2.24) is 10.2 Å². The number of hydrogen-bond donors (Lipinski definition) is 1. The van der Waals surface area contributed by atoms with Gasteiger partial charge in [-0.05, 0) is 17.7 Å². The summed E-state index contributed by atoms with van der Waals surface area (Å²) in [5.74, 6) is -0.133. The molecule has 5 nitrogen and oxygen atoms in total. The SMILES string of the molecule is C[S@](=O)Cc1cccc(C(=O)Nc2nnc(C(F)F)s2)c1. The molecule has 0 saturated carbocycles. The molecular formula is C12H11F2N3O2S2. The highest BCUT2D eigenvalue weighted by Gasteiger charge is 2.16. The molecule has 1 N–H and O–H groups in total. The van der Waals surface area contributed by atoms with Gasteiger partial charge >= 0.3 is 0 Å². The molecular weight excluding hydrogens is 320 g/mol. The molecule has 0 saturated heterocycles. The molecule has 1 aromatic heterocycles. The van der Waals surface area contributed by atoms with Crippen LogP contribution >= 0.6 is 11.3 Å². The zero-order chi connectivity index (χ0) is 15.4. The number of hydrogen-bond acceptors (Lipinski definition) is 5. The maximum atomic E-state index is 12.4. The maximum Gasteiger partial charge on any atom is 0.291 e. The van der Waals surface area contributed by atoms with Gasteiger partial charge < -0.3 is 0 Å². The van der Waals surface area contributed by atoms with Gasteiger partial charge in [-0.15, -0.1) is 10.2 Å². The summed E-state index contributed by atoms with van der Waals surface area (Å²) in [6.07, 6.45) is -1.14.